The largest absolute Gasteiger partial charge is 0.489 e. The van der Waals surface area contributed by atoms with Crippen LogP contribution in [0.5, 0.6) is 11.5 Å². The standard InChI is InChI=1S/C32H31NO7S/c1-21-7-5-6-10-25(21)28(13-14-30(34)35)40-29-18-24(39-19-23-15-16-41-20-23)11-12-26(29)31(36)33-27(32(37)38)17-22-8-3-2-4-9-22/h2-12,15-16,18,20,27-28H,13-14,17,19H2,1H3,(H,33,36)(H,34,35)(H,37,38)/t27-,28-/m0/s1. The van der Waals surface area contributed by atoms with E-state index in [0.717, 1.165) is 22.3 Å². The summed E-state index contributed by atoms with van der Waals surface area (Å²) in [5, 5.41) is 25.7. The first-order valence-electron chi connectivity index (χ1n) is 13.1. The summed E-state index contributed by atoms with van der Waals surface area (Å²) in [5.74, 6) is -2.16. The molecular formula is C32H31NO7S. The van der Waals surface area contributed by atoms with Crippen LogP contribution >= 0.6 is 11.3 Å². The third-order valence-corrected chi connectivity index (χ3v) is 7.23. The van der Waals surface area contributed by atoms with E-state index in [1.165, 1.54) is 6.07 Å². The van der Waals surface area contributed by atoms with E-state index in [1.807, 2.05) is 54.1 Å². The van der Waals surface area contributed by atoms with Crippen molar-refractivity contribution in [2.45, 2.75) is 44.9 Å². The van der Waals surface area contributed by atoms with E-state index >= 15 is 0 Å². The molecule has 9 heteroatoms. The van der Waals surface area contributed by atoms with E-state index in [-0.39, 0.29) is 30.6 Å². The molecule has 0 spiro atoms. The summed E-state index contributed by atoms with van der Waals surface area (Å²) < 4.78 is 12.3. The zero-order valence-corrected chi connectivity index (χ0v) is 23.3. The normalized spacial score (nSPS) is 12.2. The monoisotopic (exact) mass is 573 g/mol. The number of thiophene rings is 1. The van der Waals surface area contributed by atoms with Crippen LogP contribution in [-0.2, 0) is 22.6 Å². The second-order valence-corrected chi connectivity index (χ2v) is 10.3. The van der Waals surface area contributed by atoms with Gasteiger partial charge in [0.05, 0.1) is 5.56 Å². The molecule has 4 aromatic rings. The van der Waals surface area contributed by atoms with E-state index in [4.69, 9.17) is 9.47 Å². The average Bonchev–Trinajstić information content (AvgIpc) is 3.48. The maximum Gasteiger partial charge on any atom is 0.326 e. The Hall–Kier alpha value is -4.63. The number of carboxylic acids is 2. The minimum atomic E-state index is -1.17. The zero-order chi connectivity index (χ0) is 29.2. The van der Waals surface area contributed by atoms with Crippen molar-refractivity contribution in [3.05, 3.63) is 117 Å². The highest BCUT2D eigenvalue weighted by Gasteiger charge is 2.25. The Bertz CT molecular complexity index is 1470. The number of rotatable bonds is 14. The lowest BCUT2D eigenvalue weighted by atomic mass is 9.99. The predicted molar refractivity (Wildman–Crippen MR) is 156 cm³/mol. The molecular weight excluding hydrogens is 542 g/mol. The smallest absolute Gasteiger partial charge is 0.326 e. The molecule has 0 saturated carbocycles. The van der Waals surface area contributed by atoms with Crippen LogP contribution in [0.3, 0.4) is 0 Å². The topological polar surface area (TPSA) is 122 Å². The van der Waals surface area contributed by atoms with Gasteiger partial charge in [0.1, 0.15) is 30.3 Å². The van der Waals surface area contributed by atoms with Gasteiger partial charge < -0.3 is 25.0 Å². The van der Waals surface area contributed by atoms with Crippen molar-refractivity contribution in [1.82, 2.24) is 5.32 Å². The van der Waals surface area contributed by atoms with Crippen LogP contribution in [0.4, 0.5) is 0 Å². The summed E-state index contributed by atoms with van der Waals surface area (Å²) in [7, 11) is 0. The summed E-state index contributed by atoms with van der Waals surface area (Å²) in [6.45, 7) is 2.22. The molecule has 41 heavy (non-hydrogen) atoms. The highest BCUT2D eigenvalue weighted by Crippen LogP contribution is 2.33. The number of aliphatic carboxylic acids is 2. The second kappa shape index (κ2) is 14.1. The molecule has 3 N–H and O–H groups in total. The van der Waals surface area contributed by atoms with Gasteiger partial charge in [0.2, 0.25) is 0 Å². The molecule has 0 aliphatic rings. The number of ether oxygens (including phenoxy) is 2. The van der Waals surface area contributed by atoms with Gasteiger partial charge in [-0.2, -0.15) is 11.3 Å². The lowest BCUT2D eigenvalue weighted by molar-refractivity contribution is -0.139. The number of amides is 1. The Morgan fingerprint density at radius 3 is 2.37 bits per heavy atom. The van der Waals surface area contributed by atoms with Crippen molar-refractivity contribution >= 4 is 29.2 Å². The first-order valence-corrected chi connectivity index (χ1v) is 14.0. The summed E-state index contributed by atoms with van der Waals surface area (Å²) in [6.07, 6.45) is -0.560. The molecule has 1 heterocycles. The first kappa shape index (κ1) is 29.4. The Morgan fingerprint density at radius 2 is 1.68 bits per heavy atom. The van der Waals surface area contributed by atoms with E-state index < -0.39 is 30.0 Å². The molecule has 1 aromatic heterocycles. The third-order valence-electron chi connectivity index (χ3n) is 6.49. The molecule has 0 aliphatic carbocycles. The molecule has 3 aromatic carbocycles. The van der Waals surface area contributed by atoms with Crippen LogP contribution in [0.1, 0.15) is 51.6 Å². The molecule has 0 fully saturated rings. The molecule has 4 rings (SSSR count). The maximum absolute atomic E-state index is 13.5. The summed E-state index contributed by atoms with van der Waals surface area (Å²) >= 11 is 1.55. The van der Waals surface area contributed by atoms with Crippen LogP contribution in [0, 0.1) is 6.92 Å². The molecule has 8 nitrogen and oxygen atoms in total. The average molecular weight is 574 g/mol. The fourth-order valence-electron chi connectivity index (χ4n) is 4.34. The highest BCUT2D eigenvalue weighted by atomic mass is 32.1. The van der Waals surface area contributed by atoms with Gasteiger partial charge in [-0.15, -0.1) is 0 Å². The molecule has 0 aliphatic heterocycles. The quantitative estimate of drug-likeness (QED) is 0.168. The van der Waals surface area contributed by atoms with Crippen molar-refractivity contribution < 1.29 is 34.1 Å². The minimum Gasteiger partial charge on any atom is -0.489 e. The third kappa shape index (κ3) is 8.43. The van der Waals surface area contributed by atoms with Gasteiger partial charge in [-0.25, -0.2) is 4.79 Å². The maximum atomic E-state index is 13.5. The molecule has 0 bridgehead atoms. The van der Waals surface area contributed by atoms with Crippen molar-refractivity contribution in [2.75, 3.05) is 0 Å². The van der Waals surface area contributed by atoms with Crippen LogP contribution in [0.15, 0.2) is 89.6 Å². The molecule has 0 radical (unpaired) electrons. The summed E-state index contributed by atoms with van der Waals surface area (Å²) in [5.41, 5.74) is 3.57. The van der Waals surface area contributed by atoms with Crippen LogP contribution in [0.2, 0.25) is 0 Å². The molecule has 0 unspecified atom stereocenters. The van der Waals surface area contributed by atoms with Crippen molar-refractivity contribution in [2.24, 2.45) is 0 Å². The Labute approximate surface area is 242 Å². The molecule has 1 amide bonds. The molecule has 0 saturated heterocycles. The van der Waals surface area contributed by atoms with Crippen LogP contribution in [-0.4, -0.2) is 34.1 Å². The van der Waals surface area contributed by atoms with Gasteiger partial charge in [-0.3, -0.25) is 9.59 Å². The lowest BCUT2D eigenvalue weighted by Crippen LogP contribution is -2.42. The van der Waals surface area contributed by atoms with E-state index in [2.05, 4.69) is 5.32 Å². The predicted octanol–water partition coefficient (Wildman–Crippen LogP) is 6.05. The van der Waals surface area contributed by atoms with Crippen LogP contribution < -0.4 is 14.8 Å². The van der Waals surface area contributed by atoms with Gasteiger partial charge in [0.25, 0.3) is 5.91 Å². The summed E-state index contributed by atoms with van der Waals surface area (Å²) in [6, 6.07) is 22.0. The summed E-state index contributed by atoms with van der Waals surface area (Å²) in [4.78, 5) is 37.0. The Morgan fingerprint density at radius 1 is 0.927 bits per heavy atom. The van der Waals surface area contributed by atoms with Gasteiger partial charge in [-0.05, 0) is 64.6 Å². The van der Waals surface area contributed by atoms with E-state index in [1.54, 1.807) is 47.7 Å². The van der Waals surface area contributed by atoms with E-state index in [9.17, 15) is 24.6 Å². The molecule has 212 valence electrons. The number of hydrogen-bond donors (Lipinski definition) is 3. The van der Waals surface area contributed by atoms with Crippen LogP contribution in [0.25, 0.3) is 0 Å². The van der Waals surface area contributed by atoms with Crippen molar-refractivity contribution in [3.63, 3.8) is 0 Å². The number of carbonyl (C=O) groups is 3. The number of carbonyl (C=O) groups excluding carboxylic acids is 1. The lowest BCUT2D eigenvalue weighted by Gasteiger charge is -2.23. The fourth-order valence-corrected chi connectivity index (χ4v) is 4.99. The van der Waals surface area contributed by atoms with Crippen molar-refractivity contribution in [1.29, 1.82) is 0 Å². The minimum absolute atomic E-state index is 0.102. The van der Waals surface area contributed by atoms with Gasteiger partial charge in [-0.1, -0.05) is 54.6 Å². The number of carboxylic acid groups (broad SMARTS) is 2. The number of hydrogen-bond acceptors (Lipinski definition) is 6. The highest BCUT2D eigenvalue weighted by molar-refractivity contribution is 7.07. The SMILES string of the molecule is Cc1ccccc1[C@H](CCC(=O)O)Oc1cc(OCc2ccsc2)ccc1C(=O)N[C@@H](Cc1ccccc1)C(=O)O. The van der Waals surface area contributed by atoms with E-state index in [0.29, 0.717) is 12.4 Å². The number of benzene rings is 3. The number of nitrogens with one attached hydrogen (secondary N) is 1. The van der Waals surface area contributed by atoms with Gasteiger partial charge in [0, 0.05) is 18.9 Å². The first-order chi connectivity index (χ1) is 19.8. The van der Waals surface area contributed by atoms with Crippen molar-refractivity contribution in [3.8, 4) is 11.5 Å². The Balaban J connectivity index is 1.65. The molecule has 2 atom stereocenters. The zero-order valence-electron chi connectivity index (χ0n) is 22.5. The van der Waals surface area contributed by atoms with Gasteiger partial charge in [0.15, 0.2) is 0 Å². The fraction of sp³-hybridized carbons (Fsp3) is 0.219. The van der Waals surface area contributed by atoms with Gasteiger partial charge >= 0.3 is 11.9 Å². The Kier molecular flexibility index (Phi) is 10.1. The second-order valence-electron chi connectivity index (χ2n) is 9.53. The number of aryl methyl sites for hydroxylation is 1.